The number of benzene rings is 1. The van der Waals surface area contributed by atoms with Crippen molar-refractivity contribution in [2.24, 2.45) is 0 Å². The molecule has 0 atom stereocenters. The van der Waals surface area contributed by atoms with Crippen molar-refractivity contribution in [2.75, 3.05) is 0 Å². The maximum absolute atomic E-state index is 11.0. The van der Waals surface area contributed by atoms with E-state index in [1.54, 1.807) is 18.2 Å². The van der Waals surface area contributed by atoms with Gasteiger partial charge in [-0.05, 0) is 6.07 Å². The van der Waals surface area contributed by atoms with Crippen LogP contribution in [0.1, 0.15) is 18.9 Å². The molecule has 1 aromatic heterocycles. The fourth-order valence-electron chi connectivity index (χ4n) is 1.54. The Balaban J connectivity index is 2.25. The smallest absolute Gasteiger partial charge is 0.279 e. The standard InChI is InChI=1S/C12H14N4O2S/c1-8(2)13-7-11-14-15-12(19-11)9-5-3-4-6-10(9)16(17)18/h3-6,8,13H,7H2,1-2H3. The second-order valence-electron chi connectivity index (χ2n) is 4.31. The van der Waals surface area contributed by atoms with Crippen LogP contribution in [0.4, 0.5) is 5.69 Å². The molecule has 6 nitrogen and oxygen atoms in total. The fourth-order valence-corrected chi connectivity index (χ4v) is 2.36. The van der Waals surface area contributed by atoms with E-state index in [0.717, 1.165) is 5.01 Å². The van der Waals surface area contributed by atoms with Crippen molar-refractivity contribution in [3.8, 4) is 10.6 Å². The van der Waals surface area contributed by atoms with Crippen molar-refractivity contribution in [1.29, 1.82) is 0 Å². The van der Waals surface area contributed by atoms with Crippen LogP contribution in [-0.4, -0.2) is 21.2 Å². The molecule has 1 heterocycles. The van der Waals surface area contributed by atoms with Gasteiger partial charge in [0, 0.05) is 18.7 Å². The topological polar surface area (TPSA) is 81.0 Å². The van der Waals surface area contributed by atoms with Crippen LogP contribution in [0.15, 0.2) is 24.3 Å². The Bertz CT molecular complexity index is 583. The Morgan fingerprint density at radius 2 is 2.11 bits per heavy atom. The van der Waals surface area contributed by atoms with E-state index in [-0.39, 0.29) is 5.69 Å². The molecular formula is C12H14N4O2S. The molecule has 0 aliphatic heterocycles. The van der Waals surface area contributed by atoms with Crippen molar-refractivity contribution in [2.45, 2.75) is 26.4 Å². The van der Waals surface area contributed by atoms with Gasteiger partial charge in [-0.1, -0.05) is 37.3 Å². The summed E-state index contributed by atoms with van der Waals surface area (Å²) in [5.41, 5.74) is 0.572. The van der Waals surface area contributed by atoms with Crippen LogP contribution in [0.3, 0.4) is 0 Å². The Morgan fingerprint density at radius 3 is 2.79 bits per heavy atom. The maximum atomic E-state index is 11.0. The molecule has 0 saturated carbocycles. The molecule has 0 radical (unpaired) electrons. The normalized spacial score (nSPS) is 10.9. The lowest BCUT2D eigenvalue weighted by Gasteiger charge is -2.03. The number of hydrogen-bond donors (Lipinski definition) is 1. The van der Waals surface area contributed by atoms with E-state index in [2.05, 4.69) is 15.5 Å². The van der Waals surface area contributed by atoms with E-state index in [1.165, 1.54) is 17.4 Å². The molecule has 2 aromatic rings. The van der Waals surface area contributed by atoms with Gasteiger partial charge in [-0.15, -0.1) is 10.2 Å². The number of rotatable bonds is 5. The van der Waals surface area contributed by atoms with Crippen LogP contribution in [0.2, 0.25) is 0 Å². The molecule has 0 unspecified atom stereocenters. The molecule has 0 saturated heterocycles. The monoisotopic (exact) mass is 278 g/mol. The van der Waals surface area contributed by atoms with Crippen LogP contribution >= 0.6 is 11.3 Å². The average molecular weight is 278 g/mol. The summed E-state index contributed by atoms with van der Waals surface area (Å²) in [4.78, 5) is 10.6. The van der Waals surface area contributed by atoms with Crippen LogP contribution < -0.4 is 5.32 Å². The van der Waals surface area contributed by atoms with Gasteiger partial charge in [0.15, 0.2) is 5.01 Å². The highest BCUT2D eigenvalue weighted by atomic mass is 32.1. The Kier molecular flexibility index (Phi) is 4.18. The Morgan fingerprint density at radius 1 is 1.37 bits per heavy atom. The minimum Gasteiger partial charge on any atom is -0.308 e. The van der Waals surface area contributed by atoms with Crippen molar-refractivity contribution in [3.63, 3.8) is 0 Å². The number of hydrogen-bond acceptors (Lipinski definition) is 6. The van der Waals surface area contributed by atoms with Gasteiger partial charge in [-0.25, -0.2) is 0 Å². The Labute approximate surface area is 114 Å². The number of aromatic nitrogens is 2. The zero-order valence-corrected chi connectivity index (χ0v) is 11.5. The van der Waals surface area contributed by atoms with Crippen molar-refractivity contribution in [3.05, 3.63) is 39.4 Å². The van der Waals surface area contributed by atoms with Gasteiger partial charge in [0.2, 0.25) is 0 Å². The largest absolute Gasteiger partial charge is 0.308 e. The van der Waals surface area contributed by atoms with E-state index in [9.17, 15) is 10.1 Å². The second kappa shape index (κ2) is 5.85. The summed E-state index contributed by atoms with van der Waals surface area (Å²) in [5, 5.41) is 23.7. The summed E-state index contributed by atoms with van der Waals surface area (Å²) in [6.07, 6.45) is 0. The summed E-state index contributed by atoms with van der Waals surface area (Å²) in [5.74, 6) is 0. The third kappa shape index (κ3) is 3.33. The van der Waals surface area contributed by atoms with Gasteiger partial charge >= 0.3 is 0 Å². The molecule has 1 N–H and O–H groups in total. The maximum Gasteiger partial charge on any atom is 0.279 e. The van der Waals surface area contributed by atoms with E-state index in [0.29, 0.717) is 23.2 Å². The van der Waals surface area contributed by atoms with E-state index >= 15 is 0 Å². The molecule has 100 valence electrons. The third-order valence-corrected chi connectivity index (χ3v) is 3.42. The van der Waals surface area contributed by atoms with Crippen LogP contribution in [-0.2, 0) is 6.54 Å². The third-order valence-electron chi connectivity index (χ3n) is 2.46. The number of nitrogens with zero attached hydrogens (tertiary/aromatic N) is 3. The summed E-state index contributed by atoms with van der Waals surface area (Å²) in [6, 6.07) is 6.93. The lowest BCUT2D eigenvalue weighted by Crippen LogP contribution is -2.21. The number of para-hydroxylation sites is 1. The van der Waals surface area contributed by atoms with Gasteiger partial charge in [-0.2, -0.15) is 0 Å². The molecule has 2 rings (SSSR count). The zero-order valence-electron chi connectivity index (χ0n) is 10.7. The van der Waals surface area contributed by atoms with Crippen molar-refractivity contribution >= 4 is 17.0 Å². The first-order valence-electron chi connectivity index (χ1n) is 5.87. The van der Waals surface area contributed by atoms with E-state index in [4.69, 9.17) is 0 Å². The van der Waals surface area contributed by atoms with Crippen LogP contribution in [0.25, 0.3) is 10.6 Å². The summed E-state index contributed by atoms with van der Waals surface area (Å²) >= 11 is 1.37. The Hall–Kier alpha value is -1.86. The van der Waals surface area contributed by atoms with E-state index < -0.39 is 4.92 Å². The summed E-state index contributed by atoms with van der Waals surface area (Å²) in [6.45, 7) is 4.71. The quantitative estimate of drug-likeness (QED) is 0.671. The first-order valence-corrected chi connectivity index (χ1v) is 6.69. The molecule has 0 bridgehead atoms. The van der Waals surface area contributed by atoms with Crippen LogP contribution in [0.5, 0.6) is 0 Å². The first-order chi connectivity index (χ1) is 9.08. The summed E-state index contributed by atoms with van der Waals surface area (Å²) < 4.78 is 0. The predicted octanol–water partition coefficient (Wildman–Crippen LogP) is 2.61. The van der Waals surface area contributed by atoms with E-state index in [1.807, 2.05) is 13.8 Å². The lowest BCUT2D eigenvalue weighted by molar-refractivity contribution is -0.384. The molecule has 0 aliphatic carbocycles. The van der Waals surface area contributed by atoms with Gasteiger partial charge in [-0.3, -0.25) is 10.1 Å². The highest BCUT2D eigenvalue weighted by Crippen LogP contribution is 2.31. The molecule has 0 spiro atoms. The van der Waals surface area contributed by atoms with Gasteiger partial charge in [0.05, 0.1) is 10.5 Å². The first kappa shape index (κ1) is 13.6. The van der Waals surface area contributed by atoms with Gasteiger partial charge in [0.25, 0.3) is 5.69 Å². The number of nitro benzene ring substituents is 1. The zero-order chi connectivity index (χ0) is 13.8. The minimum atomic E-state index is -0.400. The second-order valence-corrected chi connectivity index (χ2v) is 5.37. The summed E-state index contributed by atoms with van der Waals surface area (Å²) in [7, 11) is 0. The average Bonchev–Trinajstić information content (AvgIpc) is 2.85. The molecule has 0 aliphatic rings. The molecule has 0 fully saturated rings. The van der Waals surface area contributed by atoms with Gasteiger partial charge in [0.1, 0.15) is 5.01 Å². The van der Waals surface area contributed by atoms with Crippen molar-refractivity contribution in [1.82, 2.24) is 15.5 Å². The molecule has 0 amide bonds. The lowest BCUT2D eigenvalue weighted by atomic mass is 10.2. The highest BCUT2D eigenvalue weighted by Gasteiger charge is 2.17. The predicted molar refractivity (Wildman–Crippen MR) is 74.0 cm³/mol. The molecule has 7 heteroatoms. The molecular weight excluding hydrogens is 264 g/mol. The number of nitro groups is 1. The van der Waals surface area contributed by atoms with Gasteiger partial charge < -0.3 is 5.32 Å². The minimum absolute atomic E-state index is 0.0574. The van der Waals surface area contributed by atoms with Crippen molar-refractivity contribution < 1.29 is 4.92 Å². The highest BCUT2D eigenvalue weighted by molar-refractivity contribution is 7.14. The fraction of sp³-hybridized carbons (Fsp3) is 0.333. The van der Waals surface area contributed by atoms with Crippen LogP contribution in [0, 0.1) is 10.1 Å². The SMILES string of the molecule is CC(C)NCc1nnc(-c2ccccc2[N+](=O)[O-])s1. The molecule has 19 heavy (non-hydrogen) atoms. The molecule has 1 aromatic carbocycles. The number of nitrogens with one attached hydrogen (secondary N) is 1.